The molecule has 1 aromatic carbocycles. The molecule has 0 saturated heterocycles. The maximum absolute atomic E-state index is 10.8. The van der Waals surface area contributed by atoms with Crippen molar-refractivity contribution in [3.8, 4) is 0 Å². The van der Waals surface area contributed by atoms with Gasteiger partial charge in [0.2, 0.25) is 0 Å². The zero-order valence-electron chi connectivity index (χ0n) is 11.8. The largest absolute Gasteiger partial charge is 0.383 e. The molecule has 1 N–H and O–H groups in total. The third-order valence-electron chi connectivity index (χ3n) is 3.80. The number of hydrogen-bond acceptors (Lipinski definition) is 3. The normalized spacial score (nSPS) is 12.8. The average molecular weight is 267 g/mol. The van der Waals surface area contributed by atoms with Gasteiger partial charge in [0, 0.05) is 35.5 Å². The standard InChI is InChI=1S/C16H17N3O/c1-10-14(11(2)19(3)18-10)16(20)13-8-4-6-12-7-5-9-17-15(12)13/h4-9,16,20H,1-3H3. The van der Waals surface area contributed by atoms with E-state index in [0.29, 0.717) is 0 Å². The van der Waals surface area contributed by atoms with Crippen LogP contribution in [-0.4, -0.2) is 19.9 Å². The van der Waals surface area contributed by atoms with E-state index >= 15 is 0 Å². The highest BCUT2D eigenvalue weighted by Gasteiger charge is 2.21. The Morgan fingerprint density at radius 2 is 1.90 bits per heavy atom. The predicted octanol–water partition coefficient (Wildman–Crippen LogP) is 2.67. The molecule has 4 nitrogen and oxygen atoms in total. The molecule has 2 aromatic heterocycles. The number of benzene rings is 1. The number of aryl methyl sites for hydroxylation is 2. The maximum Gasteiger partial charge on any atom is 0.110 e. The number of pyridine rings is 1. The van der Waals surface area contributed by atoms with Crippen LogP contribution in [0.4, 0.5) is 0 Å². The molecule has 1 atom stereocenters. The first-order valence-corrected chi connectivity index (χ1v) is 6.61. The van der Waals surface area contributed by atoms with Crippen molar-refractivity contribution in [1.82, 2.24) is 14.8 Å². The summed E-state index contributed by atoms with van der Waals surface area (Å²) in [6, 6.07) is 9.78. The molecule has 0 fully saturated rings. The van der Waals surface area contributed by atoms with Gasteiger partial charge in [0.1, 0.15) is 6.10 Å². The quantitative estimate of drug-likeness (QED) is 0.776. The monoisotopic (exact) mass is 267 g/mol. The average Bonchev–Trinajstić information content (AvgIpc) is 2.71. The van der Waals surface area contributed by atoms with Crippen LogP contribution in [0.15, 0.2) is 36.5 Å². The van der Waals surface area contributed by atoms with Crippen molar-refractivity contribution in [1.29, 1.82) is 0 Å². The molecule has 0 bridgehead atoms. The molecule has 0 saturated carbocycles. The van der Waals surface area contributed by atoms with Crippen LogP contribution >= 0.6 is 0 Å². The summed E-state index contributed by atoms with van der Waals surface area (Å²) in [7, 11) is 1.89. The Morgan fingerprint density at radius 1 is 1.15 bits per heavy atom. The highest BCUT2D eigenvalue weighted by molar-refractivity contribution is 5.82. The second kappa shape index (κ2) is 4.72. The van der Waals surface area contributed by atoms with Crippen LogP contribution in [0.2, 0.25) is 0 Å². The molecule has 3 aromatic rings. The molecule has 1 unspecified atom stereocenters. The van der Waals surface area contributed by atoms with Crippen molar-refractivity contribution in [2.75, 3.05) is 0 Å². The van der Waals surface area contributed by atoms with Gasteiger partial charge >= 0.3 is 0 Å². The van der Waals surface area contributed by atoms with Gasteiger partial charge in [-0.05, 0) is 19.9 Å². The van der Waals surface area contributed by atoms with Crippen LogP contribution in [0.3, 0.4) is 0 Å². The van der Waals surface area contributed by atoms with Crippen LogP contribution in [0.1, 0.15) is 28.6 Å². The van der Waals surface area contributed by atoms with Crippen LogP contribution in [0.5, 0.6) is 0 Å². The first-order chi connectivity index (χ1) is 9.59. The fraction of sp³-hybridized carbons (Fsp3) is 0.250. The summed E-state index contributed by atoms with van der Waals surface area (Å²) in [5, 5.41) is 16.2. The van der Waals surface area contributed by atoms with E-state index in [-0.39, 0.29) is 0 Å². The van der Waals surface area contributed by atoms with Crippen molar-refractivity contribution in [3.63, 3.8) is 0 Å². The molecule has 3 rings (SSSR count). The predicted molar refractivity (Wildman–Crippen MR) is 78.5 cm³/mol. The minimum Gasteiger partial charge on any atom is -0.383 e. The van der Waals surface area contributed by atoms with Crippen LogP contribution in [0, 0.1) is 13.8 Å². The van der Waals surface area contributed by atoms with Gasteiger partial charge < -0.3 is 5.11 Å². The van der Waals surface area contributed by atoms with Crippen LogP contribution in [0.25, 0.3) is 10.9 Å². The number of aliphatic hydroxyl groups excluding tert-OH is 1. The zero-order valence-corrected chi connectivity index (χ0v) is 11.8. The van der Waals surface area contributed by atoms with Crippen molar-refractivity contribution in [2.24, 2.45) is 7.05 Å². The Morgan fingerprint density at radius 3 is 2.60 bits per heavy atom. The van der Waals surface area contributed by atoms with E-state index in [0.717, 1.165) is 33.4 Å². The highest BCUT2D eigenvalue weighted by Crippen LogP contribution is 2.30. The summed E-state index contributed by atoms with van der Waals surface area (Å²) in [5.74, 6) is 0. The van der Waals surface area contributed by atoms with Crippen LogP contribution < -0.4 is 0 Å². The second-order valence-electron chi connectivity index (χ2n) is 5.03. The molecule has 20 heavy (non-hydrogen) atoms. The van der Waals surface area contributed by atoms with E-state index in [1.165, 1.54) is 0 Å². The third kappa shape index (κ3) is 1.89. The van der Waals surface area contributed by atoms with Crippen LogP contribution in [-0.2, 0) is 7.05 Å². The second-order valence-corrected chi connectivity index (χ2v) is 5.03. The fourth-order valence-corrected chi connectivity index (χ4v) is 2.69. The SMILES string of the molecule is Cc1nn(C)c(C)c1C(O)c1cccc2cccnc12. The number of fused-ring (bicyclic) bond motifs is 1. The maximum atomic E-state index is 10.8. The van der Waals surface area contributed by atoms with Gasteiger partial charge in [-0.15, -0.1) is 0 Å². The van der Waals surface area contributed by atoms with E-state index in [4.69, 9.17) is 0 Å². The molecule has 0 aliphatic heterocycles. The first-order valence-electron chi connectivity index (χ1n) is 6.61. The molecule has 2 heterocycles. The molecule has 102 valence electrons. The summed E-state index contributed by atoms with van der Waals surface area (Å²) in [6.07, 6.45) is 1.05. The van der Waals surface area contributed by atoms with E-state index in [1.807, 2.05) is 51.2 Å². The lowest BCUT2D eigenvalue weighted by molar-refractivity contribution is 0.220. The Kier molecular flexibility index (Phi) is 3.03. The molecule has 0 aliphatic rings. The molecule has 0 amide bonds. The molecule has 4 heteroatoms. The fourth-order valence-electron chi connectivity index (χ4n) is 2.69. The van der Waals surface area contributed by atoms with Gasteiger partial charge in [-0.25, -0.2) is 0 Å². The molecular formula is C16H17N3O. The Hall–Kier alpha value is -2.20. The molecule has 0 spiro atoms. The summed E-state index contributed by atoms with van der Waals surface area (Å²) in [4.78, 5) is 4.41. The lowest BCUT2D eigenvalue weighted by Gasteiger charge is -2.14. The van der Waals surface area contributed by atoms with E-state index in [2.05, 4.69) is 10.1 Å². The smallest absolute Gasteiger partial charge is 0.110 e. The third-order valence-corrected chi connectivity index (χ3v) is 3.80. The molecular weight excluding hydrogens is 250 g/mol. The minimum absolute atomic E-state index is 0.706. The van der Waals surface area contributed by atoms with Gasteiger partial charge in [-0.2, -0.15) is 5.10 Å². The number of rotatable bonds is 2. The lowest BCUT2D eigenvalue weighted by atomic mass is 9.97. The molecule has 0 radical (unpaired) electrons. The van der Waals surface area contributed by atoms with Crippen molar-refractivity contribution in [3.05, 3.63) is 59.0 Å². The number of nitrogens with zero attached hydrogens (tertiary/aromatic N) is 3. The van der Waals surface area contributed by atoms with Gasteiger partial charge in [0.15, 0.2) is 0 Å². The first kappa shape index (κ1) is 12.8. The van der Waals surface area contributed by atoms with E-state index in [1.54, 1.807) is 10.9 Å². The van der Waals surface area contributed by atoms with Gasteiger partial charge in [-0.3, -0.25) is 9.67 Å². The Bertz CT molecular complexity index is 771. The zero-order chi connectivity index (χ0) is 14.3. The Balaban J connectivity index is 2.20. The lowest BCUT2D eigenvalue weighted by Crippen LogP contribution is -2.04. The van der Waals surface area contributed by atoms with Gasteiger partial charge in [0.25, 0.3) is 0 Å². The molecule has 0 aliphatic carbocycles. The van der Waals surface area contributed by atoms with E-state index in [9.17, 15) is 5.11 Å². The number of hydrogen-bond donors (Lipinski definition) is 1. The summed E-state index contributed by atoms with van der Waals surface area (Å²) in [5.41, 5.74) is 4.35. The highest BCUT2D eigenvalue weighted by atomic mass is 16.3. The summed E-state index contributed by atoms with van der Waals surface area (Å²) >= 11 is 0. The minimum atomic E-state index is -0.706. The van der Waals surface area contributed by atoms with E-state index < -0.39 is 6.10 Å². The van der Waals surface area contributed by atoms with Gasteiger partial charge in [-0.1, -0.05) is 24.3 Å². The van der Waals surface area contributed by atoms with Crippen molar-refractivity contribution in [2.45, 2.75) is 20.0 Å². The van der Waals surface area contributed by atoms with Crippen molar-refractivity contribution >= 4 is 10.9 Å². The summed E-state index contributed by atoms with van der Waals surface area (Å²) in [6.45, 7) is 3.89. The van der Waals surface area contributed by atoms with Gasteiger partial charge in [0.05, 0.1) is 11.2 Å². The Labute approximate surface area is 117 Å². The number of para-hydroxylation sites is 1. The van der Waals surface area contributed by atoms with Crippen molar-refractivity contribution < 1.29 is 5.11 Å². The summed E-state index contributed by atoms with van der Waals surface area (Å²) < 4.78 is 1.80. The number of aliphatic hydroxyl groups is 1. The number of aromatic nitrogens is 3. The topological polar surface area (TPSA) is 50.9 Å².